The third kappa shape index (κ3) is 5.66. The van der Waals surface area contributed by atoms with Crippen LogP contribution in [0, 0.1) is 0 Å². The van der Waals surface area contributed by atoms with Crippen molar-refractivity contribution in [1.29, 1.82) is 0 Å². The maximum Gasteiger partial charge on any atom is 0.416 e. The number of benzene rings is 1. The zero-order chi connectivity index (χ0) is 22.8. The zero-order valence-corrected chi connectivity index (χ0v) is 17.0. The molecule has 168 valence electrons. The SMILES string of the molecule is C/C(N)=C/c1nc(N[C@H]2CCCN(C)C2)nnc1-c1ccc(C(F)(F)F)cc1C(F)F. The summed E-state index contributed by atoms with van der Waals surface area (Å²) in [6, 6.07) is 2.21. The predicted molar refractivity (Wildman–Crippen MR) is 107 cm³/mol. The molecule has 0 spiro atoms. The van der Waals surface area contributed by atoms with Crippen LogP contribution >= 0.6 is 0 Å². The van der Waals surface area contributed by atoms with Gasteiger partial charge in [-0.15, -0.1) is 10.2 Å². The summed E-state index contributed by atoms with van der Waals surface area (Å²) in [5.41, 5.74) is 4.00. The normalized spacial score (nSPS) is 18.5. The number of anilines is 1. The molecular formula is C20H23F5N6. The molecular weight excluding hydrogens is 419 g/mol. The molecule has 1 aromatic heterocycles. The Bertz CT molecular complexity index is 956. The third-order valence-electron chi connectivity index (χ3n) is 4.90. The van der Waals surface area contributed by atoms with Crippen molar-refractivity contribution in [2.45, 2.75) is 38.4 Å². The largest absolute Gasteiger partial charge is 0.416 e. The standard InChI is InChI=1S/C20H23F5N6/c1-11(26)8-16-17(14-6-5-12(20(23,24)25)9-15(14)18(21)22)29-30-19(28-16)27-13-4-3-7-31(2)10-13/h5-6,8-9,13,18H,3-4,7,10,26H2,1-2H3,(H,27,28,30)/b11-8-/t13-/m0/s1. The molecule has 0 aliphatic carbocycles. The number of likely N-dealkylation sites (tertiary alicyclic amines) is 1. The topological polar surface area (TPSA) is 80.0 Å². The number of nitrogens with zero attached hydrogens (tertiary/aromatic N) is 4. The first-order valence-electron chi connectivity index (χ1n) is 9.68. The van der Waals surface area contributed by atoms with Crippen LogP contribution in [0.25, 0.3) is 17.3 Å². The van der Waals surface area contributed by atoms with Gasteiger partial charge in [-0.2, -0.15) is 13.2 Å². The molecule has 3 N–H and O–H groups in total. The molecule has 1 aliphatic heterocycles. The second-order valence-electron chi connectivity index (χ2n) is 7.60. The molecule has 0 bridgehead atoms. The van der Waals surface area contributed by atoms with Crippen LogP contribution < -0.4 is 11.1 Å². The minimum absolute atomic E-state index is 0.0693. The molecule has 1 atom stereocenters. The van der Waals surface area contributed by atoms with Crippen molar-refractivity contribution in [2.24, 2.45) is 5.73 Å². The quantitative estimate of drug-likeness (QED) is 0.672. The first kappa shape index (κ1) is 22.9. The molecule has 11 heteroatoms. The highest BCUT2D eigenvalue weighted by Gasteiger charge is 2.32. The van der Waals surface area contributed by atoms with Gasteiger partial charge in [0.15, 0.2) is 0 Å². The Morgan fingerprint density at radius 1 is 1.29 bits per heavy atom. The first-order valence-corrected chi connectivity index (χ1v) is 9.68. The summed E-state index contributed by atoms with van der Waals surface area (Å²) in [5, 5.41) is 11.2. The number of likely N-dealkylation sites (N-methyl/N-ethyl adjacent to an activating group) is 1. The van der Waals surface area contributed by atoms with Gasteiger partial charge in [0, 0.05) is 29.4 Å². The minimum atomic E-state index is -4.75. The van der Waals surface area contributed by atoms with E-state index in [4.69, 9.17) is 5.73 Å². The van der Waals surface area contributed by atoms with Crippen LogP contribution in [-0.2, 0) is 6.18 Å². The van der Waals surface area contributed by atoms with E-state index in [-0.39, 0.29) is 28.9 Å². The van der Waals surface area contributed by atoms with Gasteiger partial charge in [-0.3, -0.25) is 0 Å². The number of nitrogens with one attached hydrogen (secondary N) is 1. The second kappa shape index (κ2) is 9.13. The number of aromatic nitrogens is 3. The number of piperidine rings is 1. The van der Waals surface area contributed by atoms with Gasteiger partial charge in [-0.25, -0.2) is 13.8 Å². The Hall–Kier alpha value is -2.82. The van der Waals surface area contributed by atoms with Gasteiger partial charge in [0.2, 0.25) is 5.95 Å². The maximum absolute atomic E-state index is 13.6. The van der Waals surface area contributed by atoms with Crippen LogP contribution in [0.4, 0.5) is 27.9 Å². The van der Waals surface area contributed by atoms with Crippen molar-refractivity contribution in [2.75, 3.05) is 25.5 Å². The molecule has 0 amide bonds. The van der Waals surface area contributed by atoms with Gasteiger partial charge in [0.1, 0.15) is 5.69 Å². The van der Waals surface area contributed by atoms with Gasteiger partial charge >= 0.3 is 6.18 Å². The van der Waals surface area contributed by atoms with Crippen molar-refractivity contribution in [3.8, 4) is 11.3 Å². The molecule has 0 radical (unpaired) electrons. The van der Waals surface area contributed by atoms with Crippen LogP contribution in [0.2, 0.25) is 0 Å². The molecule has 31 heavy (non-hydrogen) atoms. The highest BCUT2D eigenvalue weighted by atomic mass is 19.4. The predicted octanol–water partition coefficient (Wildman–Crippen LogP) is 4.32. The van der Waals surface area contributed by atoms with Crippen LogP contribution in [0.15, 0.2) is 23.9 Å². The molecule has 3 rings (SSSR count). The lowest BCUT2D eigenvalue weighted by atomic mass is 9.99. The lowest BCUT2D eigenvalue weighted by molar-refractivity contribution is -0.137. The van der Waals surface area contributed by atoms with Crippen molar-refractivity contribution >= 4 is 12.0 Å². The average molecular weight is 442 g/mol. The number of allylic oxidation sites excluding steroid dienone is 1. The molecule has 1 aliphatic rings. The van der Waals surface area contributed by atoms with Crippen molar-refractivity contribution < 1.29 is 22.0 Å². The number of rotatable bonds is 5. The summed E-state index contributed by atoms with van der Waals surface area (Å²) in [4.78, 5) is 6.51. The summed E-state index contributed by atoms with van der Waals surface area (Å²) < 4.78 is 66.2. The number of hydrogen-bond acceptors (Lipinski definition) is 6. The number of alkyl halides is 5. The van der Waals surface area contributed by atoms with E-state index >= 15 is 0 Å². The molecule has 0 unspecified atom stereocenters. The lowest BCUT2D eigenvalue weighted by Gasteiger charge is -2.30. The Morgan fingerprint density at radius 2 is 2.03 bits per heavy atom. The number of hydrogen-bond donors (Lipinski definition) is 2. The molecule has 1 saturated heterocycles. The summed E-state index contributed by atoms with van der Waals surface area (Å²) in [7, 11) is 2.00. The van der Waals surface area contributed by atoms with Gasteiger partial charge < -0.3 is 16.0 Å². The third-order valence-corrected chi connectivity index (χ3v) is 4.90. The highest BCUT2D eigenvalue weighted by molar-refractivity contribution is 5.73. The summed E-state index contributed by atoms with van der Waals surface area (Å²) >= 11 is 0. The van der Waals surface area contributed by atoms with Crippen LogP contribution in [0.5, 0.6) is 0 Å². The Morgan fingerprint density at radius 3 is 2.65 bits per heavy atom. The molecule has 6 nitrogen and oxygen atoms in total. The van der Waals surface area contributed by atoms with Crippen molar-refractivity contribution in [1.82, 2.24) is 20.1 Å². The zero-order valence-electron chi connectivity index (χ0n) is 17.0. The van der Waals surface area contributed by atoms with E-state index in [0.717, 1.165) is 38.1 Å². The molecule has 0 saturated carbocycles. The highest BCUT2D eigenvalue weighted by Crippen LogP contribution is 2.37. The maximum atomic E-state index is 13.6. The Labute approximate surface area is 176 Å². The van der Waals surface area contributed by atoms with E-state index in [1.807, 2.05) is 7.05 Å². The van der Waals surface area contributed by atoms with Crippen LogP contribution in [-0.4, -0.2) is 46.3 Å². The first-order chi connectivity index (χ1) is 14.5. The van der Waals surface area contributed by atoms with E-state index in [2.05, 4.69) is 25.4 Å². The van der Waals surface area contributed by atoms with E-state index in [1.165, 1.54) is 6.08 Å². The molecule has 2 aromatic rings. The van der Waals surface area contributed by atoms with E-state index < -0.39 is 23.7 Å². The Balaban J connectivity index is 2.03. The number of halogens is 5. The fraction of sp³-hybridized carbons (Fsp3) is 0.450. The molecule has 1 fully saturated rings. The van der Waals surface area contributed by atoms with Gasteiger partial charge in [-0.05, 0) is 51.6 Å². The van der Waals surface area contributed by atoms with Gasteiger partial charge in [0.25, 0.3) is 6.43 Å². The van der Waals surface area contributed by atoms with Crippen molar-refractivity contribution in [3.05, 3.63) is 40.7 Å². The Kier molecular flexibility index (Phi) is 6.73. The molecule has 2 heterocycles. The number of nitrogens with two attached hydrogens (primary N) is 1. The van der Waals surface area contributed by atoms with Gasteiger partial charge in [0.05, 0.1) is 11.3 Å². The molecule has 1 aromatic carbocycles. The monoisotopic (exact) mass is 442 g/mol. The fourth-order valence-corrected chi connectivity index (χ4v) is 3.51. The van der Waals surface area contributed by atoms with E-state index in [0.29, 0.717) is 11.8 Å². The fourth-order valence-electron chi connectivity index (χ4n) is 3.51. The second-order valence-corrected chi connectivity index (χ2v) is 7.60. The van der Waals surface area contributed by atoms with Crippen LogP contribution in [0.3, 0.4) is 0 Å². The van der Waals surface area contributed by atoms with Crippen LogP contribution in [0.1, 0.15) is 43.0 Å². The average Bonchev–Trinajstić information content (AvgIpc) is 2.66. The lowest BCUT2D eigenvalue weighted by Crippen LogP contribution is -2.40. The summed E-state index contributed by atoms with van der Waals surface area (Å²) in [6.45, 7) is 3.34. The minimum Gasteiger partial charge on any atom is -0.402 e. The van der Waals surface area contributed by atoms with E-state index in [9.17, 15) is 22.0 Å². The smallest absolute Gasteiger partial charge is 0.402 e. The summed E-state index contributed by atoms with van der Waals surface area (Å²) in [6.07, 6.45) is -4.56. The van der Waals surface area contributed by atoms with Crippen molar-refractivity contribution in [3.63, 3.8) is 0 Å². The summed E-state index contributed by atoms with van der Waals surface area (Å²) in [5.74, 6) is 0.196. The van der Waals surface area contributed by atoms with E-state index in [1.54, 1.807) is 6.92 Å². The van der Waals surface area contributed by atoms with Gasteiger partial charge in [-0.1, -0.05) is 6.07 Å².